The van der Waals surface area contributed by atoms with Gasteiger partial charge in [-0.3, -0.25) is 9.59 Å². The van der Waals surface area contributed by atoms with Crippen LogP contribution in [0, 0.1) is 18.8 Å². The number of carbonyl (C=O) groups excluding carboxylic acids is 2. The molecule has 3 aromatic rings. The third-order valence-corrected chi connectivity index (χ3v) is 6.43. The van der Waals surface area contributed by atoms with Crippen LogP contribution in [0.15, 0.2) is 69.3 Å². The molecular weight excluding hydrogens is 498 g/mol. The van der Waals surface area contributed by atoms with Crippen molar-refractivity contribution in [3.05, 3.63) is 77.2 Å². The topological polar surface area (TPSA) is 130 Å². The number of nitrogens with one attached hydrogen (secondary N) is 1. The zero-order valence-corrected chi connectivity index (χ0v) is 21.8. The van der Waals surface area contributed by atoms with Crippen LogP contribution >= 0.6 is 0 Å². The Morgan fingerprint density at radius 1 is 1.21 bits per heavy atom. The first-order chi connectivity index (χ1) is 18.7. The van der Waals surface area contributed by atoms with E-state index < -0.39 is 17.6 Å². The smallest absolute Gasteiger partial charge is 0.268 e. The van der Waals surface area contributed by atoms with Gasteiger partial charge in [0.1, 0.15) is 35.6 Å². The Morgan fingerprint density at radius 3 is 2.74 bits per heavy atom. The van der Waals surface area contributed by atoms with Gasteiger partial charge in [-0.05, 0) is 37.6 Å². The van der Waals surface area contributed by atoms with Gasteiger partial charge in [-0.1, -0.05) is 47.3 Å². The van der Waals surface area contributed by atoms with Crippen LogP contribution in [0.1, 0.15) is 35.9 Å². The second-order valence-electron chi connectivity index (χ2n) is 9.61. The van der Waals surface area contributed by atoms with Crippen LogP contribution in [0.5, 0.6) is 5.75 Å². The first kappa shape index (κ1) is 25.9. The number of likely N-dealkylation sites (N-methyl/N-ethyl adjacent to an activating group) is 1. The van der Waals surface area contributed by atoms with Crippen molar-refractivity contribution >= 4 is 28.9 Å². The molecule has 2 aromatic carbocycles. The molecule has 10 nitrogen and oxygen atoms in total. The average Bonchev–Trinajstić information content (AvgIpc) is 3.57. The van der Waals surface area contributed by atoms with Crippen LogP contribution in [0.2, 0.25) is 0 Å². The molecule has 2 N–H and O–H groups in total. The van der Waals surface area contributed by atoms with E-state index in [0.29, 0.717) is 41.3 Å². The molecule has 0 radical (unpaired) electrons. The van der Waals surface area contributed by atoms with Crippen molar-refractivity contribution in [2.75, 3.05) is 18.6 Å². The third kappa shape index (κ3) is 5.73. The van der Waals surface area contributed by atoms with Crippen molar-refractivity contribution in [2.24, 2.45) is 10.2 Å². The highest BCUT2D eigenvalue weighted by Crippen LogP contribution is 2.31. The van der Waals surface area contributed by atoms with Gasteiger partial charge >= 0.3 is 0 Å². The van der Waals surface area contributed by atoms with Gasteiger partial charge in [-0.2, -0.15) is 5.10 Å². The first-order valence-electron chi connectivity index (χ1n) is 12.4. The number of benzene rings is 2. The van der Waals surface area contributed by atoms with Crippen molar-refractivity contribution in [3.8, 4) is 17.6 Å². The number of amides is 2. The van der Waals surface area contributed by atoms with E-state index in [1.165, 1.54) is 11.8 Å². The zero-order chi connectivity index (χ0) is 27.6. The molecule has 2 aliphatic rings. The summed E-state index contributed by atoms with van der Waals surface area (Å²) in [6.45, 7) is 3.21. The number of fused-ring (bicyclic) bond motifs is 1. The van der Waals surface area contributed by atoms with Crippen LogP contribution in [0.25, 0.3) is 0 Å². The van der Waals surface area contributed by atoms with E-state index in [2.05, 4.69) is 32.5 Å². The standard InChI is InChI=1S/C29H27N5O5/c1-18-13-26(33-39-18)29(2,37)12-11-20-9-10-25-24(15-20)34(3)28(36)23(17-38-25)30-27(35)22-16-21(31-32-22)14-19-7-5-4-6-8-19/h4-10,13,15,23,37H,14,16-17H2,1-3H3,(H,30,35)/t23-,29+/m0/s1. The quantitative estimate of drug-likeness (QED) is 0.493. The highest BCUT2D eigenvalue weighted by Gasteiger charge is 2.32. The summed E-state index contributed by atoms with van der Waals surface area (Å²) in [5, 5.41) is 25.5. The number of carbonyl (C=O) groups is 2. The number of aromatic nitrogens is 1. The molecule has 2 amide bonds. The molecule has 0 saturated carbocycles. The summed E-state index contributed by atoms with van der Waals surface area (Å²) in [5.74, 6) is 5.96. The van der Waals surface area contributed by atoms with Gasteiger partial charge in [0, 0.05) is 31.5 Å². The number of hydrogen-bond donors (Lipinski definition) is 2. The average molecular weight is 526 g/mol. The van der Waals surface area contributed by atoms with Gasteiger partial charge in [-0.25, -0.2) is 0 Å². The fraction of sp³-hybridized carbons (Fsp3) is 0.276. The monoisotopic (exact) mass is 525 g/mol. The number of aryl methyl sites for hydroxylation is 1. The summed E-state index contributed by atoms with van der Waals surface area (Å²) in [5.41, 5.74) is 1.96. The van der Waals surface area contributed by atoms with Crippen LogP contribution in [0.3, 0.4) is 0 Å². The van der Waals surface area contributed by atoms with Crippen LogP contribution in [-0.4, -0.2) is 53.2 Å². The molecule has 0 fully saturated rings. The Bertz CT molecular complexity index is 1540. The van der Waals surface area contributed by atoms with E-state index in [0.717, 1.165) is 11.3 Å². The highest BCUT2D eigenvalue weighted by molar-refractivity contribution is 6.43. The van der Waals surface area contributed by atoms with Gasteiger partial charge in [0.15, 0.2) is 5.60 Å². The Morgan fingerprint density at radius 2 is 2.00 bits per heavy atom. The lowest BCUT2D eigenvalue weighted by Gasteiger charge is -2.20. The molecule has 39 heavy (non-hydrogen) atoms. The number of rotatable bonds is 5. The number of nitrogens with zero attached hydrogens (tertiary/aromatic N) is 4. The summed E-state index contributed by atoms with van der Waals surface area (Å²) >= 11 is 0. The fourth-order valence-electron chi connectivity index (χ4n) is 4.22. The lowest BCUT2D eigenvalue weighted by molar-refractivity contribution is -0.124. The molecule has 5 rings (SSSR count). The fourth-order valence-corrected chi connectivity index (χ4v) is 4.22. The molecule has 0 aliphatic carbocycles. The highest BCUT2D eigenvalue weighted by atomic mass is 16.5. The van der Waals surface area contributed by atoms with Crippen molar-refractivity contribution in [3.63, 3.8) is 0 Å². The van der Waals surface area contributed by atoms with Gasteiger partial charge in [0.25, 0.3) is 11.8 Å². The minimum Gasteiger partial charge on any atom is -0.489 e. The maximum atomic E-state index is 13.2. The molecule has 3 heterocycles. The second-order valence-corrected chi connectivity index (χ2v) is 9.61. The molecule has 0 unspecified atom stereocenters. The summed E-state index contributed by atoms with van der Waals surface area (Å²) < 4.78 is 10.9. The van der Waals surface area contributed by atoms with E-state index in [1.807, 2.05) is 30.3 Å². The van der Waals surface area contributed by atoms with E-state index >= 15 is 0 Å². The summed E-state index contributed by atoms with van der Waals surface area (Å²) in [7, 11) is 1.61. The Balaban J connectivity index is 1.24. The maximum absolute atomic E-state index is 13.2. The molecule has 10 heteroatoms. The van der Waals surface area contributed by atoms with E-state index in [4.69, 9.17) is 9.26 Å². The molecule has 0 saturated heterocycles. The molecule has 198 valence electrons. The van der Waals surface area contributed by atoms with Crippen molar-refractivity contribution in [2.45, 2.75) is 38.3 Å². The largest absolute Gasteiger partial charge is 0.489 e. The molecule has 1 aromatic heterocycles. The minimum atomic E-state index is -1.52. The number of anilines is 1. The normalized spacial score (nSPS) is 18.0. The number of ether oxygens (including phenoxy) is 1. The Labute approximate surface area is 225 Å². The molecule has 0 spiro atoms. The van der Waals surface area contributed by atoms with E-state index in [1.54, 1.807) is 38.2 Å². The summed E-state index contributed by atoms with van der Waals surface area (Å²) in [6, 6.07) is 15.7. The van der Waals surface area contributed by atoms with Gasteiger partial charge in [0.05, 0.1) is 11.4 Å². The van der Waals surface area contributed by atoms with Gasteiger partial charge in [-0.15, -0.1) is 5.10 Å². The predicted molar refractivity (Wildman–Crippen MR) is 145 cm³/mol. The van der Waals surface area contributed by atoms with Crippen molar-refractivity contribution < 1.29 is 24.0 Å². The first-order valence-corrected chi connectivity index (χ1v) is 12.4. The second kappa shape index (κ2) is 10.6. The molecule has 0 bridgehead atoms. The lowest BCUT2D eigenvalue weighted by atomic mass is 10.0. The van der Waals surface area contributed by atoms with Crippen LogP contribution < -0.4 is 15.0 Å². The van der Waals surface area contributed by atoms with Gasteiger partial charge in [0.2, 0.25) is 0 Å². The minimum absolute atomic E-state index is 0.0435. The summed E-state index contributed by atoms with van der Waals surface area (Å²) in [4.78, 5) is 27.6. The predicted octanol–water partition coefficient (Wildman–Crippen LogP) is 2.53. The Kier molecular flexibility index (Phi) is 7.00. The number of aliphatic hydroxyl groups is 1. The molecule has 2 atom stereocenters. The van der Waals surface area contributed by atoms with Gasteiger partial charge < -0.3 is 24.6 Å². The van der Waals surface area contributed by atoms with Crippen molar-refractivity contribution in [1.82, 2.24) is 10.5 Å². The Hall–Kier alpha value is -4.75. The van der Waals surface area contributed by atoms with E-state index in [-0.39, 0.29) is 18.2 Å². The van der Waals surface area contributed by atoms with Crippen LogP contribution in [0.4, 0.5) is 5.69 Å². The summed E-state index contributed by atoms with van der Waals surface area (Å²) in [6.07, 6.45) is 0.918. The number of hydrogen-bond acceptors (Lipinski definition) is 8. The SMILES string of the molecule is Cc1cc([C@](C)(O)C#Cc2ccc3c(c2)N(C)C(=O)[C@@H](NC(=O)C2=NN=C(Cc4ccccc4)C2)CO3)no1. The zero-order valence-electron chi connectivity index (χ0n) is 21.8. The molecular formula is C29H27N5O5. The van der Waals surface area contributed by atoms with Crippen molar-refractivity contribution in [1.29, 1.82) is 0 Å². The van der Waals surface area contributed by atoms with E-state index in [9.17, 15) is 14.7 Å². The van der Waals surface area contributed by atoms with Crippen LogP contribution in [-0.2, 0) is 21.6 Å². The maximum Gasteiger partial charge on any atom is 0.268 e. The lowest BCUT2D eigenvalue weighted by Crippen LogP contribution is -2.51. The molecule has 2 aliphatic heterocycles. The third-order valence-electron chi connectivity index (χ3n) is 6.43.